The fourth-order valence-electron chi connectivity index (χ4n) is 3.03. The van der Waals surface area contributed by atoms with Crippen molar-refractivity contribution in [2.75, 3.05) is 23.7 Å². The van der Waals surface area contributed by atoms with Crippen molar-refractivity contribution < 1.29 is 4.79 Å². The summed E-state index contributed by atoms with van der Waals surface area (Å²) in [6, 6.07) is 14.9. The largest absolute Gasteiger partial charge is 0.368 e. The molecule has 0 bridgehead atoms. The number of H-pyrrole nitrogens is 1. The van der Waals surface area contributed by atoms with Crippen LogP contribution in [0.1, 0.15) is 31.7 Å². The number of anilines is 2. The minimum atomic E-state index is -0.222. The van der Waals surface area contributed by atoms with Crippen molar-refractivity contribution in [3.63, 3.8) is 0 Å². The van der Waals surface area contributed by atoms with Gasteiger partial charge in [0.15, 0.2) is 5.82 Å². The van der Waals surface area contributed by atoms with Gasteiger partial charge in [0.2, 0.25) is 0 Å². The van der Waals surface area contributed by atoms with Crippen LogP contribution >= 0.6 is 0 Å². The number of hydrogen-bond donors (Lipinski definition) is 4. The average molecular weight is 379 g/mol. The van der Waals surface area contributed by atoms with Crippen molar-refractivity contribution in [3.8, 4) is 0 Å². The highest BCUT2D eigenvalue weighted by atomic mass is 16.2. The molecule has 2 aromatic carbocycles. The third kappa shape index (κ3) is 4.68. The van der Waals surface area contributed by atoms with E-state index in [1.165, 1.54) is 0 Å². The molecule has 0 aliphatic carbocycles. The first-order valence-electron chi connectivity index (χ1n) is 9.41. The third-order valence-corrected chi connectivity index (χ3v) is 4.46. The van der Waals surface area contributed by atoms with Gasteiger partial charge < -0.3 is 16.0 Å². The van der Waals surface area contributed by atoms with Crippen molar-refractivity contribution in [3.05, 3.63) is 64.4 Å². The van der Waals surface area contributed by atoms with Gasteiger partial charge in [-0.2, -0.15) is 5.10 Å². The van der Waals surface area contributed by atoms with Crippen LogP contribution < -0.4 is 21.5 Å². The van der Waals surface area contributed by atoms with E-state index >= 15 is 0 Å². The maximum Gasteiger partial charge on any atom is 0.319 e. The second-order valence-electron chi connectivity index (χ2n) is 6.85. The van der Waals surface area contributed by atoms with Crippen LogP contribution in [-0.4, -0.2) is 29.3 Å². The second kappa shape index (κ2) is 9.03. The van der Waals surface area contributed by atoms with E-state index in [0.29, 0.717) is 36.6 Å². The number of nitrogens with zero attached hydrogens (tertiary/aromatic N) is 1. The van der Waals surface area contributed by atoms with Crippen LogP contribution in [0.5, 0.6) is 0 Å². The van der Waals surface area contributed by atoms with Crippen molar-refractivity contribution >= 4 is 28.3 Å². The number of hydrogen-bond acceptors (Lipinski definition) is 4. The summed E-state index contributed by atoms with van der Waals surface area (Å²) < 4.78 is 0. The molecule has 0 atom stereocenters. The van der Waals surface area contributed by atoms with Gasteiger partial charge in [-0.05, 0) is 30.0 Å². The fourth-order valence-corrected chi connectivity index (χ4v) is 3.03. The van der Waals surface area contributed by atoms with E-state index in [-0.39, 0.29) is 11.6 Å². The summed E-state index contributed by atoms with van der Waals surface area (Å²) in [6.45, 7) is 5.33. The van der Waals surface area contributed by atoms with Gasteiger partial charge in [0.1, 0.15) is 0 Å². The number of aromatic amines is 1. The van der Waals surface area contributed by atoms with E-state index in [1.807, 2.05) is 42.5 Å². The summed E-state index contributed by atoms with van der Waals surface area (Å²) in [5.74, 6) is 0.964. The van der Waals surface area contributed by atoms with Crippen LogP contribution in [0.4, 0.5) is 16.3 Å². The number of carbonyl (C=O) groups is 1. The molecule has 2 amide bonds. The normalized spacial score (nSPS) is 10.8. The van der Waals surface area contributed by atoms with Crippen molar-refractivity contribution in [1.82, 2.24) is 15.5 Å². The van der Waals surface area contributed by atoms with Gasteiger partial charge in [-0.25, -0.2) is 9.89 Å². The highest BCUT2D eigenvalue weighted by molar-refractivity contribution is 5.91. The predicted molar refractivity (Wildman–Crippen MR) is 113 cm³/mol. The maximum absolute atomic E-state index is 12.1. The number of urea groups is 1. The summed E-state index contributed by atoms with van der Waals surface area (Å²) in [6.07, 6.45) is 0.717. The molecule has 0 aliphatic heterocycles. The first-order valence-corrected chi connectivity index (χ1v) is 9.41. The highest BCUT2D eigenvalue weighted by Crippen LogP contribution is 2.23. The molecule has 28 heavy (non-hydrogen) atoms. The molecular formula is C21H25N5O2. The Hall–Kier alpha value is -3.35. The number of benzene rings is 2. The molecule has 0 saturated heterocycles. The molecule has 0 saturated carbocycles. The van der Waals surface area contributed by atoms with Crippen LogP contribution in [0, 0.1) is 0 Å². The lowest BCUT2D eigenvalue weighted by Gasteiger charge is -2.14. The molecule has 146 valence electrons. The van der Waals surface area contributed by atoms with Crippen LogP contribution in [-0.2, 0) is 0 Å². The van der Waals surface area contributed by atoms with Crippen LogP contribution in [0.3, 0.4) is 0 Å². The van der Waals surface area contributed by atoms with E-state index in [0.717, 1.165) is 16.6 Å². The Balaban J connectivity index is 1.47. The quantitative estimate of drug-likeness (QED) is 0.471. The zero-order chi connectivity index (χ0) is 19.9. The summed E-state index contributed by atoms with van der Waals surface area (Å²) in [5.41, 5.74) is 1.73. The summed E-state index contributed by atoms with van der Waals surface area (Å²) >= 11 is 0. The first-order chi connectivity index (χ1) is 13.6. The monoisotopic (exact) mass is 379 g/mol. The smallest absolute Gasteiger partial charge is 0.319 e. The van der Waals surface area contributed by atoms with E-state index in [2.05, 4.69) is 40.0 Å². The minimum Gasteiger partial charge on any atom is -0.368 e. The number of amides is 2. The lowest BCUT2D eigenvalue weighted by molar-refractivity contribution is 0.252. The zero-order valence-corrected chi connectivity index (χ0v) is 16.1. The fraction of sp³-hybridized carbons (Fsp3) is 0.286. The Morgan fingerprint density at radius 2 is 1.75 bits per heavy atom. The van der Waals surface area contributed by atoms with Gasteiger partial charge >= 0.3 is 6.03 Å². The topological polar surface area (TPSA) is 98.9 Å². The predicted octanol–water partition coefficient (Wildman–Crippen LogP) is 3.67. The Morgan fingerprint density at radius 1 is 1.04 bits per heavy atom. The maximum atomic E-state index is 12.1. The van der Waals surface area contributed by atoms with E-state index in [1.54, 1.807) is 6.07 Å². The van der Waals surface area contributed by atoms with Crippen LogP contribution in [0.25, 0.3) is 10.8 Å². The van der Waals surface area contributed by atoms with Gasteiger partial charge in [0.05, 0.1) is 5.39 Å². The lowest BCUT2D eigenvalue weighted by atomic mass is 10.0. The molecule has 7 nitrogen and oxygen atoms in total. The van der Waals surface area contributed by atoms with Crippen molar-refractivity contribution in [1.29, 1.82) is 0 Å². The van der Waals surface area contributed by atoms with E-state index < -0.39 is 0 Å². The molecule has 0 radical (unpaired) electrons. The van der Waals surface area contributed by atoms with Crippen LogP contribution in [0.2, 0.25) is 0 Å². The number of carbonyl (C=O) groups excluding carboxylic acids is 1. The molecule has 4 N–H and O–H groups in total. The molecule has 7 heteroatoms. The Labute approximate surface area is 163 Å². The van der Waals surface area contributed by atoms with Gasteiger partial charge in [-0.15, -0.1) is 0 Å². The standard InChI is InChI=1S/C21H25N5O2/c1-14(2)15-8-5-6-11-18(15)24-21(28)23-13-7-12-22-19-16-9-3-4-10-17(16)20(27)26-25-19/h3-6,8-11,14H,7,12-13H2,1-2H3,(H,22,25)(H,26,27)(H2,23,24,28). The van der Waals surface area contributed by atoms with Gasteiger partial charge in [0, 0.05) is 24.2 Å². The molecule has 0 aliphatic rings. The Morgan fingerprint density at radius 3 is 2.54 bits per heavy atom. The van der Waals surface area contributed by atoms with Crippen molar-refractivity contribution in [2.24, 2.45) is 0 Å². The number of fused-ring (bicyclic) bond motifs is 1. The van der Waals surface area contributed by atoms with Crippen LogP contribution in [0.15, 0.2) is 53.3 Å². The Kier molecular flexibility index (Phi) is 6.26. The SMILES string of the molecule is CC(C)c1ccccc1NC(=O)NCCCNc1n[nH]c(=O)c2ccccc12. The van der Waals surface area contributed by atoms with Gasteiger partial charge in [-0.3, -0.25) is 4.79 Å². The lowest BCUT2D eigenvalue weighted by Crippen LogP contribution is -2.30. The van der Waals surface area contributed by atoms with Gasteiger partial charge in [0.25, 0.3) is 5.56 Å². The average Bonchev–Trinajstić information content (AvgIpc) is 2.70. The molecular weight excluding hydrogens is 354 g/mol. The zero-order valence-electron chi connectivity index (χ0n) is 16.1. The van der Waals surface area contributed by atoms with E-state index in [4.69, 9.17) is 0 Å². The Bertz CT molecular complexity index is 1010. The number of para-hydroxylation sites is 1. The molecule has 0 unspecified atom stereocenters. The third-order valence-electron chi connectivity index (χ3n) is 4.46. The summed E-state index contributed by atoms with van der Waals surface area (Å²) in [4.78, 5) is 23.9. The number of aromatic nitrogens is 2. The minimum absolute atomic E-state index is 0.207. The first kappa shape index (κ1) is 19.4. The summed E-state index contributed by atoms with van der Waals surface area (Å²) in [7, 11) is 0. The second-order valence-corrected chi connectivity index (χ2v) is 6.85. The molecule has 3 aromatic rings. The molecule has 0 fully saturated rings. The summed E-state index contributed by atoms with van der Waals surface area (Å²) in [5, 5.41) is 16.9. The molecule has 0 spiro atoms. The molecule has 1 aromatic heterocycles. The molecule has 3 rings (SSSR count). The number of rotatable bonds is 7. The van der Waals surface area contributed by atoms with Crippen molar-refractivity contribution in [2.45, 2.75) is 26.2 Å². The van der Waals surface area contributed by atoms with Gasteiger partial charge in [-0.1, -0.05) is 50.2 Å². The molecule has 1 heterocycles. The highest BCUT2D eigenvalue weighted by Gasteiger charge is 2.09. The number of nitrogens with one attached hydrogen (secondary N) is 4. The van der Waals surface area contributed by atoms with E-state index in [9.17, 15) is 9.59 Å².